The topological polar surface area (TPSA) is 91.8 Å². The fourth-order valence-electron chi connectivity index (χ4n) is 3.30. The van der Waals surface area contributed by atoms with Crippen LogP contribution in [0.4, 0.5) is 0 Å². The Morgan fingerprint density at radius 3 is 2.93 bits per heavy atom. The van der Waals surface area contributed by atoms with Crippen molar-refractivity contribution in [1.82, 2.24) is 24.8 Å². The number of nitrogens with one attached hydrogen (secondary N) is 1. The van der Waals surface area contributed by atoms with E-state index in [2.05, 4.69) is 19.9 Å². The van der Waals surface area contributed by atoms with E-state index in [-0.39, 0.29) is 17.5 Å². The first kappa shape index (κ1) is 17.5. The summed E-state index contributed by atoms with van der Waals surface area (Å²) in [5, 5.41) is 3.90. The molecular formula is C19H19N5O2S. The highest BCUT2D eigenvalue weighted by atomic mass is 32.1. The van der Waals surface area contributed by atoms with Crippen LogP contribution in [0.15, 0.2) is 40.1 Å². The number of aromatic amines is 1. The van der Waals surface area contributed by atoms with E-state index in [0.717, 1.165) is 30.5 Å². The first-order valence-corrected chi connectivity index (χ1v) is 9.79. The fourth-order valence-corrected chi connectivity index (χ4v) is 3.95. The predicted molar refractivity (Wildman–Crippen MR) is 103 cm³/mol. The number of aromatic nitrogens is 4. The van der Waals surface area contributed by atoms with Crippen LogP contribution in [0.2, 0.25) is 0 Å². The molecule has 1 aliphatic heterocycles. The van der Waals surface area contributed by atoms with Crippen molar-refractivity contribution < 1.29 is 4.79 Å². The van der Waals surface area contributed by atoms with Gasteiger partial charge in [-0.2, -0.15) is 11.3 Å². The molecule has 1 N–H and O–H groups in total. The summed E-state index contributed by atoms with van der Waals surface area (Å²) in [6.07, 6.45) is 5.72. The molecule has 0 radical (unpaired) electrons. The molecular weight excluding hydrogens is 362 g/mol. The van der Waals surface area contributed by atoms with Gasteiger partial charge in [-0.05, 0) is 37.6 Å². The number of hydrogen-bond donors (Lipinski definition) is 1. The van der Waals surface area contributed by atoms with Gasteiger partial charge in [0.1, 0.15) is 11.5 Å². The van der Waals surface area contributed by atoms with E-state index in [1.54, 1.807) is 22.4 Å². The van der Waals surface area contributed by atoms with Crippen LogP contribution in [-0.2, 0) is 0 Å². The Morgan fingerprint density at radius 2 is 2.19 bits per heavy atom. The molecule has 4 heterocycles. The number of thiophene rings is 1. The van der Waals surface area contributed by atoms with E-state index in [0.29, 0.717) is 23.8 Å². The smallest absolute Gasteiger partial charge is 0.274 e. The van der Waals surface area contributed by atoms with Crippen LogP contribution in [-0.4, -0.2) is 37.3 Å². The van der Waals surface area contributed by atoms with Crippen molar-refractivity contribution in [3.8, 4) is 11.3 Å². The summed E-state index contributed by atoms with van der Waals surface area (Å²) in [5.74, 6) is 0.340. The maximum Gasteiger partial charge on any atom is 0.274 e. The lowest BCUT2D eigenvalue weighted by Gasteiger charge is -2.34. The minimum absolute atomic E-state index is 0.184. The third-order valence-corrected chi connectivity index (χ3v) is 5.34. The summed E-state index contributed by atoms with van der Waals surface area (Å²) in [6.45, 7) is 2.43. The van der Waals surface area contributed by atoms with Gasteiger partial charge in [0.2, 0.25) is 0 Å². The molecule has 0 aromatic carbocycles. The Labute approximate surface area is 160 Å². The van der Waals surface area contributed by atoms with Gasteiger partial charge in [-0.3, -0.25) is 14.6 Å². The van der Waals surface area contributed by atoms with E-state index in [1.807, 2.05) is 23.8 Å². The maximum absolute atomic E-state index is 13.0. The summed E-state index contributed by atoms with van der Waals surface area (Å²) in [7, 11) is 0. The number of nitrogens with zero attached hydrogens (tertiary/aromatic N) is 4. The second-order valence-electron chi connectivity index (χ2n) is 6.58. The molecule has 4 rings (SSSR count). The zero-order valence-electron chi connectivity index (χ0n) is 14.9. The molecule has 1 atom stereocenters. The number of hydrogen-bond acceptors (Lipinski definition) is 6. The van der Waals surface area contributed by atoms with E-state index < -0.39 is 0 Å². The van der Waals surface area contributed by atoms with E-state index >= 15 is 0 Å². The lowest BCUT2D eigenvalue weighted by Crippen LogP contribution is -2.40. The maximum atomic E-state index is 13.0. The molecule has 1 amide bonds. The van der Waals surface area contributed by atoms with Crippen LogP contribution in [0.3, 0.4) is 0 Å². The summed E-state index contributed by atoms with van der Waals surface area (Å²) in [6, 6.07) is 3.15. The van der Waals surface area contributed by atoms with Crippen LogP contribution in [0, 0.1) is 6.92 Å². The van der Waals surface area contributed by atoms with Crippen molar-refractivity contribution in [2.45, 2.75) is 32.2 Å². The molecule has 0 bridgehead atoms. The molecule has 1 saturated heterocycles. The zero-order valence-corrected chi connectivity index (χ0v) is 15.7. The third kappa shape index (κ3) is 3.66. The van der Waals surface area contributed by atoms with Gasteiger partial charge < -0.3 is 9.88 Å². The summed E-state index contributed by atoms with van der Waals surface area (Å²) in [4.78, 5) is 42.8. The average Bonchev–Trinajstić information content (AvgIpc) is 3.22. The number of piperidine rings is 1. The van der Waals surface area contributed by atoms with Crippen molar-refractivity contribution in [2.24, 2.45) is 0 Å². The molecule has 27 heavy (non-hydrogen) atoms. The van der Waals surface area contributed by atoms with Crippen molar-refractivity contribution in [1.29, 1.82) is 0 Å². The van der Waals surface area contributed by atoms with Gasteiger partial charge >= 0.3 is 0 Å². The Morgan fingerprint density at radius 1 is 1.30 bits per heavy atom. The number of amides is 1. The number of carbonyl (C=O) groups excluding carboxylic acids is 1. The highest BCUT2D eigenvalue weighted by molar-refractivity contribution is 7.08. The molecule has 1 fully saturated rings. The number of carbonyl (C=O) groups is 1. The summed E-state index contributed by atoms with van der Waals surface area (Å²) < 4.78 is 0. The number of rotatable bonds is 3. The lowest BCUT2D eigenvalue weighted by molar-refractivity contribution is 0.0593. The molecule has 0 saturated carbocycles. The van der Waals surface area contributed by atoms with Gasteiger partial charge in [-0.25, -0.2) is 9.97 Å². The van der Waals surface area contributed by atoms with Crippen LogP contribution >= 0.6 is 11.3 Å². The monoisotopic (exact) mass is 381 g/mol. The quantitative estimate of drug-likeness (QED) is 0.753. The molecule has 3 aromatic heterocycles. The highest BCUT2D eigenvalue weighted by Crippen LogP contribution is 2.30. The van der Waals surface area contributed by atoms with Gasteiger partial charge in [-0.1, -0.05) is 0 Å². The minimum Gasteiger partial charge on any atom is -0.327 e. The first-order chi connectivity index (χ1) is 13.1. The molecule has 0 spiro atoms. The van der Waals surface area contributed by atoms with Crippen molar-refractivity contribution in [3.63, 3.8) is 0 Å². The third-order valence-electron chi connectivity index (χ3n) is 4.66. The van der Waals surface area contributed by atoms with Gasteiger partial charge in [0.15, 0.2) is 0 Å². The zero-order chi connectivity index (χ0) is 18.8. The molecule has 138 valence electrons. The molecule has 0 aliphatic carbocycles. The number of H-pyrrole nitrogens is 1. The van der Waals surface area contributed by atoms with Crippen molar-refractivity contribution in [2.75, 3.05) is 6.54 Å². The summed E-state index contributed by atoms with van der Waals surface area (Å²) in [5.41, 5.74) is 2.39. The SMILES string of the molecule is Cc1cnc(C(=O)N2CCCC[C@H]2c2nc(-c3ccsc3)cc(=O)[nH]2)cn1. The van der Waals surface area contributed by atoms with Crippen molar-refractivity contribution in [3.05, 3.63) is 62.9 Å². The Bertz CT molecular complexity index is 998. The molecule has 3 aromatic rings. The average molecular weight is 381 g/mol. The van der Waals surface area contributed by atoms with Crippen LogP contribution in [0.1, 0.15) is 47.3 Å². The molecule has 0 unspecified atom stereocenters. The van der Waals surface area contributed by atoms with Crippen molar-refractivity contribution >= 4 is 17.2 Å². The van der Waals surface area contributed by atoms with Gasteiger partial charge in [0.05, 0.1) is 23.6 Å². The second kappa shape index (κ2) is 7.40. The largest absolute Gasteiger partial charge is 0.327 e. The van der Waals surface area contributed by atoms with Gasteiger partial charge in [-0.15, -0.1) is 0 Å². The fraction of sp³-hybridized carbons (Fsp3) is 0.316. The standard InChI is InChI=1S/C19H19N5O2S/c1-12-9-21-15(10-20-12)19(26)24-6-3-2-4-16(24)18-22-14(8-17(25)23-18)13-5-7-27-11-13/h5,7-11,16H,2-4,6H2,1H3,(H,22,23,25)/t16-/m0/s1. The van der Waals surface area contributed by atoms with Gasteiger partial charge in [0.25, 0.3) is 11.5 Å². The van der Waals surface area contributed by atoms with Crippen LogP contribution in [0.5, 0.6) is 0 Å². The Balaban J connectivity index is 1.69. The lowest BCUT2D eigenvalue weighted by atomic mass is 10.0. The Hall–Kier alpha value is -2.87. The molecule has 1 aliphatic rings. The number of aryl methyl sites for hydroxylation is 1. The summed E-state index contributed by atoms with van der Waals surface area (Å²) >= 11 is 1.55. The Kier molecular flexibility index (Phi) is 4.81. The normalized spacial score (nSPS) is 17.1. The second-order valence-corrected chi connectivity index (χ2v) is 7.36. The predicted octanol–water partition coefficient (Wildman–Crippen LogP) is 2.96. The van der Waals surface area contributed by atoms with E-state index in [1.165, 1.54) is 12.3 Å². The number of likely N-dealkylation sites (tertiary alicyclic amines) is 1. The van der Waals surface area contributed by atoms with E-state index in [9.17, 15) is 9.59 Å². The molecule has 7 nitrogen and oxygen atoms in total. The first-order valence-electron chi connectivity index (χ1n) is 8.85. The minimum atomic E-state index is -0.277. The highest BCUT2D eigenvalue weighted by Gasteiger charge is 2.31. The van der Waals surface area contributed by atoms with Crippen LogP contribution < -0.4 is 5.56 Å². The van der Waals surface area contributed by atoms with Gasteiger partial charge in [0, 0.05) is 29.8 Å². The van der Waals surface area contributed by atoms with E-state index in [4.69, 9.17) is 0 Å². The van der Waals surface area contributed by atoms with Crippen LogP contribution in [0.25, 0.3) is 11.3 Å². The molecule has 8 heteroatoms.